The Morgan fingerprint density at radius 3 is 2.53 bits per heavy atom. The van der Waals surface area contributed by atoms with Crippen LogP contribution >= 0.6 is 0 Å². The van der Waals surface area contributed by atoms with Gasteiger partial charge in [0.15, 0.2) is 0 Å². The minimum atomic E-state index is -0.218. The van der Waals surface area contributed by atoms with E-state index in [9.17, 15) is 4.39 Å². The normalized spacial score (nSPS) is 17.7. The monoisotopic (exact) mass is 209 g/mol. The molecule has 1 aromatic carbocycles. The Labute approximate surface area is 89.4 Å². The van der Waals surface area contributed by atoms with Crippen molar-refractivity contribution in [1.82, 2.24) is 5.32 Å². The third-order valence-electron chi connectivity index (χ3n) is 2.76. The van der Waals surface area contributed by atoms with E-state index >= 15 is 0 Å². The van der Waals surface area contributed by atoms with Crippen molar-refractivity contribution in [3.05, 3.63) is 30.1 Å². The Kier molecular flexibility index (Phi) is 3.56. The number of hydrogen-bond acceptors (Lipinski definition) is 2. The van der Waals surface area contributed by atoms with E-state index in [2.05, 4.69) is 5.32 Å². The van der Waals surface area contributed by atoms with Gasteiger partial charge in [-0.3, -0.25) is 0 Å². The maximum absolute atomic E-state index is 12.6. The molecule has 0 spiro atoms. The van der Waals surface area contributed by atoms with Crippen LogP contribution in [0.2, 0.25) is 0 Å². The SMILES string of the molecule is Fc1ccc(OCC2CCNCC2)cc1. The lowest BCUT2D eigenvalue weighted by molar-refractivity contribution is 0.215. The third kappa shape index (κ3) is 3.20. The van der Waals surface area contributed by atoms with Crippen molar-refractivity contribution in [2.45, 2.75) is 12.8 Å². The lowest BCUT2D eigenvalue weighted by Crippen LogP contribution is -2.30. The fourth-order valence-corrected chi connectivity index (χ4v) is 1.79. The molecule has 1 fully saturated rings. The molecule has 2 rings (SSSR count). The lowest BCUT2D eigenvalue weighted by Gasteiger charge is -2.22. The number of ether oxygens (including phenoxy) is 1. The van der Waals surface area contributed by atoms with Crippen molar-refractivity contribution < 1.29 is 9.13 Å². The van der Waals surface area contributed by atoms with Gasteiger partial charge in [0.05, 0.1) is 6.61 Å². The second-order valence-corrected chi connectivity index (χ2v) is 3.96. The molecule has 1 aliphatic rings. The number of benzene rings is 1. The smallest absolute Gasteiger partial charge is 0.123 e. The predicted octanol–water partition coefficient (Wildman–Crippen LogP) is 2.20. The maximum atomic E-state index is 12.6. The van der Waals surface area contributed by atoms with Crippen molar-refractivity contribution in [3.63, 3.8) is 0 Å². The highest BCUT2D eigenvalue weighted by molar-refractivity contribution is 5.22. The largest absolute Gasteiger partial charge is 0.493 e. The van der Waals surface area contributed by atoms with Crippen molar-refractivity contribution >= 4 is 0 Å². The molecule has 1 heterocycles. The molecule has 1 N–H and O–H groups in total. The Morgan fingerprint density at radius 1 is 1.20 bits per heavy atom. The highest BCUT2D eigenvalue weighted by Crippen LogP contribution is 2.16. The summed E-state index contributed by atoms with van der Waals surface area (Å²) in [4.78, 5) is 0. The highest BCUT2D eigenvalue weighted by Gasteiger charge is 2.13. The third-order valence-corrected chi connectivity index (χ3v) is 2.76. The van der Waals surface area contributed by atoms with Gasteiger partial charge in [0.25, 0.3) is 0 Å². The molecule has 1 saturated heterocycles. The van der Waals surface area contributed by atoms with Gasteiger partial charge in [-0.15, -0.1) is 0 Å². The molecule has 0 radical (unpaired) electrons. The van der Waals surface area contributed by atoms with Crippen LogP contribution in [0.5, 0.6) is 5.75 Å². The molecule has 0 aliphatic carbocycles. The van der Waals surface area contributed by atoms with Crippen LogP contribution in [-0.4, -0.2) is 19.7 Å². The molecule has 82 valence electrons. The second-order valence-electron chi connectivity index (χ2n) is 3.96. The molecule has 0 bridgehead atoms. The van der Waals surface area contributed by atoms with Gasteiger partial charge >= 0.3 is 0 Å². The van der Waals surface area contributed by atoms with Crippen LogP contribution in [0.25, 0.3) is 0 Å². The van der Waals surface area contributed by atoms with Crippen LogP contribution in [0.4, 0.5) is 4.39 Å². The van der Waals surface area contributed by atoms with Crippen LogP contribution in [0.3, 0.4) is 0 Å². The summed E-state index contributed by atoms with van der Waals surface area (Å²) in [6.07, 6.45) is 2.34. The van der Waals surface area contributed by atoms with E-state index in [1.165, 1.54) is 25.0 Å². The molecule has 0 unspecified atom stereocenters. The van der Waals surface area contributed by atoms with Crippen LogP contribution in [0.1, 0.15) is 12.8 Å². The molecule has 2 nitrogen and oxygen atoms in total. The Bertz CT molecular complexity index is 293. The minimum absolute atomic E-state index is 0.218. The first-order valence-electron chi connectivity index (χ1n) is 5.44. The maximum Gasteiger partial charge on any atom is 0.123 e. The van der Waals surface area contributed by atoms with Crippen molar-refractivity contribution in [2.75, 3.05) is 19.7 Å². The van der Waals surface area contributed by atoms with E-state index in [0.29, 0.717) is 5.92 Å². The van der Waals surface area contributed by atoms with E-state index in [0.717, 1.165) is 25.4 Å². The zero-order chi connectivity index (χ0) is 10.5. The average Bonchev–Trinajstić information content (AvgIpc) is 2.30. The molecular formula is C12H16FNO. The molecule has 15 heavy (non-hydrogen) atoms. The van der Waals surface area contributed by atoms with Gasteiger partial charge in [0.1, 0.15) is 11.6 Å². The van der Waals surface area contributed by atoms with Gasteiger partial charge in [-0.2, -0.15) is 0 Å². The van der Waals surface area contributed by atoms with E-state index in [1.54, 1.807) is 12.1 Å². The molecule has 0 amide bonds. The predicted molar refractivity (Wildman–Crippen MR) is 57.5 cm³/mol. The average molecular weight is 209 g/mol. The lowest BCUT2D eigenvalue weighted by atomic mass is 9.99. The molecule has 0 atom stereocenters. The van der Waals surface area contributed by atoms with Gasteiger partial charge in [0, 0.05) is 0 Å². The number of piperidine rings is 1. The fourth-order valence-electron chi connectivity index (χ4n) is 1.79. The Balaban J connectivity index is 1.79. The first-order chi connectivity index (χ1) is 7.34. The summed E-state index contributed by atoms with van der Waals surface area (Å²) < 4.78 is 18.2. The number of halogens is 1. The summed E-state index contributed by atoms with van der Waals surface area (Å²) in [5, 5.41) is 3.32. The molecular weight excluding hydrogens is 193 g/mol. The van der Waals surface area contributed by atoms with Gasteiger partial charge in [0.2, 0.25) is 0 Å². The van der Waals surface area contributed by atoms with Gasteiger partial charge in [-0.1, -0.05) is 0 Å². The molecule has 3 heteroatoms. The molecule has 1 aliphatic heterocycles. The first kappa shape index (κ1) is 10.4. The summed E-state index contributed by atoms with van der Waals surface area (Å²) >= 11 is 0. The standard InChI is InChI=1S/C12H16FNO/c13-11-1-3-12(4-2-11)15-9-10-5-7-14-8-6-10/h1-4,10,14H,5-9H2. The number of nitrogens with one attached hydrogen (secondary N) is 1. The fraction of sp³-hybridized carbons (Fsp3) is 0.500. The van der Waals surface area contributed by atoms with Crippen LogP contribution in [0.15, 0.2) is 24.3 Å². The number of rotatable bonds is 3. The van der Waals surface area contributed by atoms with Crippen molar-refractivity contribution in [3.8, 4) is 5.75 Å². The van der Waals surface area contributed by atoms with E-state index in [-0.39, 0.29) is 5.82 Å². The molecule has 0 saturated carbocycles. The summed E-state index contributed by atoms with van der Waals surface area (Å²) in [7, 11) is 0. The zero-order valence-electron chi connectivity index (χ0n) is 8.71. The van der Waals surface area contributed by atoms with E-state index < -0.39 is 0 Å². The van der Waals surface area contributed by atoms with Gasteiger partial charge in [-0.05, 0) is 56.1 Å². The zero-order valence-corrected chi connectivity index (χ0v) is 8.71. The number of hydrogen-bond donors (Lipinski definition) is 1. The van der Waals surface area contributed by atoms with E-state index in [4.69, 9.17) is 4.74 Å². The second kappa shape index (κ2) is 5.12. The summed E-state index contributed by atoms with van der Waals surface area (Å²) in [5.74, 6) is 1.18. The van der Waals surface area contributed by atoms with Gasteiger partial charge < -0.3 is 10.1 Å². The summed E-state index contributed by atoms with van der Waals surface area (Å²) in [6.45, 7) is 2.90. The van der Waals surface area contributed by atoms with Crippen molar-refractivity contribution in [2.24, 2.45) is 5.92 Å². The van der Waals surface area contributed by atoms with Crippen LogP contribution in [0, 0.1) is 11.7 Å². The topological polar surface area (TPSA) is 21.3 Å². The van der Waals surface area contributed by atoms with Gasteiger partial charge in [-0.25, -0.2) is 4.39 Å². The van der Waals surface area contributed by atoms with Crippen LogP contribution in [-0.2, 0) is 0 Å². The molecule has 0 aromatic heterocycles. The summed E-state index contributed by atoms with van der Waals surface area (Å²) in [6, 6.07) is 6.21. The van der Waals surface area contributed by atoms with Crippen molar-refractivity contribution in [1.29, 1.82) is 0 Å². The van der Waals surface area contributed by atoms with Crippen LogP contribution < -0.4 is 10.1 Å². The Hall–Kier alpha value is -1.09. The quantitative estimate of drug-likeness (QED) is 0.824. The summed E-state index contributed by atoms with van der Waals surface area (Å²) in [5.41, 5.74) is 0. The minimum Gasteiger partial charge on any atom is -0.493 e. The Morgan fingerprint density at radius 2 is 1.87 bits per heavy atom. The molecule has 1 aromatic rings. The van der Waals surface area contributed by atoms with E-state index in [1.807, 2.05) is 0 Å². The highest BCUT2D eigenvalue weighted by atomic mass is 19.1. The first-order valence-corrected chi connectivity index (χ1v) is 5.44.